The second-order valence-electron chi connectivity index (χ2n) is 10.5. The number of piperidine rings is 1. The first kappa shape index (κ1) is 25.7. The number of hydrogen-bond donors (Lipinski definition) is 2. The number of carbonyl (C=O) groups is 1. The fourth-order valence-electron chi connectivity index (χ4n) is 5.49. The van der Waals surface area contributed by atoms with Crippen LogP contribution < -0.4 is 10.8 Å². The number of nitrogens with zero attached hydrogens (tertiary/aromatic N) is 4. The van der Waals surface area contributed by atoms with E-state index in [1.165, 1.54) is 5.56 Å². The maximum Gasteiger partial charge on any atom is 0.254 e. The van der Waals surface area contributed by atoms with E-state index in [2.05, 4.69) is 28.6 Å². The largest absolute Gasteiger partial charge is 0.507 e. The van der Waals surface area contributed by atoms with Crippen LogP contribution in [-0.4, -0.2) is 58.0 Å². The molecule has 1 fully saturated rings. The summed E-state index contributed by atoms with van der Waals surface area (Å²) in [5.74, 6) is 1.58. The molecule has 1 aliphatic rings. The van der Waals surface area contributed by atoms with Gasteiger partial charge in [0, 0.05) is 43.0 Å². The number of aromatic hydroxyl groups is 1. The van der Waals surface area contributed by atoms with Gasteiger partial charge in [-0.3, -0.25) is 4.79 Å². The second kappa shape index (κ2) is 11.3. The van der Waals surface area contributed by atoms with Crippen molar-refractivity contribution in [2.45, 2.75) is 19.3 Å². The quantitative estimate of drug-likeness (QED) is 0.313. The number of hydrogen-bond acceptors (Lipinski definition) is 5. The van der Waals surface area contributed by atoms with Gasteiger partial charge >= 0.3 is 0 Å². The van der Waals surface area contributed by atoms with Crippen molar-refractivity contribution >= 4 is 30.7 Å². The van der Waals surface area contributed by atoms with Crippen molar-refractivity contribution in [2.24, 2.45) is 5.92 Å². The predicted molar refractivity (Wildman–Crippen MR) is 161 cm³/mol. The Balaban J connectivity index is 1.12. The molecule has 1 amide bonds. The molecule has 5 aromatic rings. The second-order valence-corrected chi connectivity index (χ2v) is 10.5. The van der Waals surface area contributed by atoms with Crippen molar-refractivity contribution < 1.29 is 9.90 Å². The molecule has 7 nitrogen and oxygen atoms in total. The third-order valence-corrected chi connectivity index (χ3v) is 7.79. The highest BCUT2D eigenvalue weighted by Crippen LogP contribution is 2.30. The summed E-state index contributed by atoms with van der Waals surface area (Å²) in [6.07, 6.45) is 4.41. The smallest absolute Gasteiger partial charge is 0.254 e. The van der Waals surface area contributed by atoms with Crippen LogP contribution in [0.2, 0.25) is 0 Å². The summed E-state index contributed by atoms with van der Waals surface area (Å²) in [5, 5.41) is 18.5. The van der Waals surface area contributed by atoms with Gasteiger partial charge in [0.25, 0.3) is 5.91 Å². The molecule has 3 aromatic carbocycles. The zero-order valence-electron chi connectivity index (χ0n) is 22.6. The number of rotatable bonds is 7. The van der Waals surface area contributed by atoms with Crippen molar-refractivity contribution in [3.05, 3.63) is 108 Å². The van der Waals surface area contributed by atoms with Crippen molar-refractivity contribution in [1.29, 1.82) is 0 Å². The molecule has 40 heavy (non-hydrogen) atoms. The minimum atomic E-state index is 0.119. The summed E-state index contributed by atoms with van der Waals surface area (Å²) in [4.78, 5) is 20.3. The SMILES string of the molecule is Bc1cnn2c(NCC3CCN(C(=O)c4ccccc4Cc4ccccc4)CC3)cc(-c3ccccc3O)nc12. The minimum absolute atomic E-state index is 0.119. The van der Waals surface area contributed by atoms with Gasteiger partial charge in [-0.1, -0.05) is 60.7 Å². The lowest BCUT2D eigenvalue weighted by molar-refractivity contribution is 0.0694. The molecule has 8 heteroatoms. The molecule has 1 saturated heterocycles. The van der Waals surface area contributed by atoms with Gasteiger partial charge in [-0.2, -0.15) is 9.61 Å². The number of amides is 1. The van der Waals surface area contributed by atoms with Crippen LogP contribution in [0.4, 0.5) is 5.82 Å². The fraction of sp³-hybridized carbons (Fsp3) is 0.219. The molecule has 2 N–H and O–H groups in total. The standard InChI is InChI=1S/C32H32BN5O2/c33-27-21-35-38-30(19-28(36-31(27)38)26-12-6-7-13-29(26)39)34-20-23-14-16-37(17-15-23)32(40)25-11-5-4-10-24(25)18-22-8-2-1-3-9-22/h1-13,19,21,23,34,39H,14-18,20,33H2. The first-order chi connectivity index (χ1) is 19.6. The normalized spacial score (nSPS) is 13.9. The topological polar surface area (TPSA) is 82.8 Å². The molecule has 6 rings (SSSR count). The average molecular weight is 529 g/mol. The fourth-order valence-corrected chi connectivity index (χ4v) is 5.49. The van der Waals surface area contributed by atoms with Crippen molar-refractivity contribution in [2.75, 3.05) is 25.0 Å². The summed E-state index contributed by atoms with van der Waals surface area (Å²) >= 11 is 0. The maximum atomic E-state index is 13.5. The zero-order valence-corrected chi connectivity index (χ0v) is 22.6. The van der Waals surface area contributed by atoms with E-state index in [-0.39, 0.29) is 11.7 Å². The predicted octanol–water partition coefficient (Wildman–Crippen LogP) is 3.92. The number of nitrogens with one attached hydrogen (secondary N) is 1. The minimum Gasteiger partial charge on any atom is -0.507 e. The van der Waals surface area contributed by atoms with Crippen LogP contribution in [0, 0.1) is 5.92 Å². The van der Waals surface area contributed by atoms with E-state index in [9.17, 15) is 9.90 Å². The zero-order chi connectivity index (χ0) is 27.5. The van der Waals surface area contributed by atoms with Crippen LogP contribution in [0.3, 0.4) is 0 Å². The maximum absolute atomic E-state index is 13.5. The summed E-state index contributed by atoms with van der Waals surface area (Å²) in [6.45, 7) is 2.24. The highest BCUT2D eigenvalue weighted by atomic mass is 16.3. The summed E-state index contributed by atoms with van der Waals surface area (Å²) in [5.41, 5.74) is 6.19. The molecule has 0 bridgehead atoms. The van der Waals surface area contributed by atoms with E-state index in [0.29, 0.717) is 17.2 Å². The van der Waals surface area contributed by atoms with Crippen LogP contribution in [0.15, 0.2) is 91.1 Å². The monoisotopic (exact) mass is 529 g/mol. The molecule has 0 saturated carbocycles. The Kier molecular flexibility index (Phi) is 7.23. The number of likely N-dealkylation sites (tertiary alicyclic amines) is 1. The van der Waals surface area contributed by atoms with Crippen LogP contribution >= 0.6 is 0 Å². The first-order valence-corrected chi connectivity index (χ1v) is 13.9. The lowest BCUT2D eigenvalue weighted by atomic mass is 9.94. The van der Waals surface area contributed by atoms with Crippen LogP contribution in [0.1, 0.15) is 34.3 Å². The van der Waals surface area contributed by atoms with E-state index >= 15 is 0 Å². The van der Waals surface area contributed by atoms with Gasteiger partial charge in [-0.15, -0.1) is 0 Å². The highest BCUT2D eigenvalue weighted by Gasteiger charge is 2.25. The van der Waals surface area contributed by atoms with Crippen molar-refractivity contribution in [1.82, 2.24) is 19.5 Å². The van der Waals surface area contributed by atoms with Crippen molar-refractivity contribution in [3.8, 4) is 17.0 Å². The van der Waals surface area contributed by atoms with Gasteiger partial charge < -0.3 is 15.3 Å². The number of aromatic nitrogens is 3. The molecular weight excluding hydrogens is 497 g/mol. The van der Waals surface area contributed by atoms with Gasteiger partial charge in [-0.05, 0) is 60.0 Å². The molecule has 0 atom stereocenters. The number of phenols is 1. The average Bonchev–Trinajstić information content (AvgIpc) is 3.37. The number of phenolic OH excluding ortho intramolecular Hbond substituents is 1. The molecule has 3 heterocycles. The third-order valence-electron chi connectivity index (χ3n) is 7.79. The van der Waals surface area contributed by atoms with Gasteiger partial charge in [0.2, 0.25) is 0 Å². The third kappa shape index (κ3) is 5.30. The van der Waals surface area contributed by atoms with Gasteiger partial charge in [0.15, 0.2) is 5.65 Å². The van der Waals surface area contributed by atoms with Gasteiger partial charge in [-0.25, -0.2) is 4.98 Å². The number of anilines is 1. The van der Waals surface area contributed by atoms with Gasteiger partial charge in [0.05, 0.1) is 5.69 Å². The Morgan fingerprint density at radius 2 is 1.70 bits per heavy atom. The molecule has 200 valence electrons. The van der Waals surface area contributed by atoms with E-state index in [0.717, 1.165) is 67.0 Å². The first-order valence-electron chi connectivity index (χ1n) is 13.9. The number of carbonyl (C=O) groups excluding carboxylic acids is 1. The molecule has 0 unspecified atom stereocenters. The van der Waals surface area contributed by atoms with E-state index in [1.807, 2.05) is 78.1 Å². The molecular formula is C32H32BN5O2. The Labute approximate surface area is 234 Å². The molecule has 1 aliphatic heterocycles. The number of para-hydroxylation sites is 1. The molecule has 2 aromatic heterocycles. The lowest BCUT2D eigenvalue weighted by Gasteiger charge is -2.32. The van der Waals surface area contributed by atoms with E-state index in [4.69, 9.17) is 4.98 Å². The van der Waals surface area contributed by atoms with Crippen LogP contribution in [-0.2, 0) is 6.42 Å². The van der Waals surface area contributed by atoms with Gasteiger partial charge in [0.1, 0.15) is 19.4 Å². The molecule has 0 radical (unpaired) electrons. The van der Waals surface area contributed by atoms with E-state index < -0.39 is 0 Å². The molecule has 0 aliphatic carbocycles. The summed E-state index contributed by atoms with van der Waals surface area (Å²) < 4.78 is 1.82. The number of fused-ring (bicyclic) bond motifs is 1. The Hall–Kier alpha value is -4.59. The summed E-state index contributed by atoms with van der Waals surface area (Å²) in [7, 11) is 1.98. The van der Waals surface area contributed by atoms with E-state index in [1.54, 1.807) is 12.1 Å². The number of benzene rings is 3. The van der Waals surface area contributed by atoms with Crippen LogP contribution in [0.25, 0.3) is 16.9 Å². The highest BCUT2D eigenvalue weighted by molar-refractivity contribution is 6.36. The van der Waals surface area contributed by atoms with Crippen molar-refractivity contribution in [3.63, 3.8) is 0 Å². The Morgan fingerprint density at radius 1 is 0.975 bits per heavy atom. The summed E-state index contributed by atoms with van der Waals surface area (Å²) in [6, 6.07) is 27.5. The van der Waals surface area contributed by atoms with Crippen LogP contribution in [0.5, 0.6) is 5.75 Å². The Bertz CT molecular complexity index is 1640. The Morgan fingerprint density at radius 3 is 2.50 bits per heavy atom. The lowest BCUT2D eigenvalue weighted by Crippen LogP contribution is -2.40. The molecule has 0 spiro atoms.